The van der Waals surface area contributed by atoms with E-state index in [2.05, 4.69) is 30.9 Å². The summed E-state index contributed by atoms with van der Waals surface area (Å²) >= 11 is 0. The van der Waals surface area contributed by atoms with Crippen molar-refractivity contribution in [2.75, 3.05) is 42.0 Å². The molecule has 0 spiro atoms. The summed E-state index contributed by atoms with van der Waals surface area (Å²) in [7, 11) is 3.77. The monoisotopic (exact) mass is 348 g/mol. The van der Waals surface area contributed by atoms with E-state index >= 15 is 0 Å². The number of hydrogen-bond donors (Lipinski definition) is 1. The Labute approximate surface area is 155 Å². The maximum absolute atomic E-state index is 9.57. The Morgan fingerprint density at radius 2 is 1.35 bits per heavy atom. The molecule has 2 aromatic carbocycles. The molecule has 6 heteroatoms. The molecular formula is C20H24N6. The van der Waals surface area contributed by atoms with Crippen molar-refractivity contribution in [2.24, 2.45) is 5.84 Å². The molecule has 6 nitrogen and oxygen atoms in total. The SMILES string of the molecule is CCN(CC)c1ccc(N(N)c2ccc(N(C)C)c(C#N)c2)c(C#N)c1. The van der Waals surface area contributed by atoms with Gasteiger partial charge in [-0.3, -0.25) is 5.01 Å². The number of hydrogen-bond acceptors (Lipinski definition) is 6. The van der Waals surface area contributed by atoms with Crippen LogP contribution in [0, 0.1) is 22.7 Å². The van der Waals surface area contributed by atoms with Gasteiger partial charge < -0.3 is 9.80 Å². The molecule has 0 radical (unpaired) electrons. The minimum Gasteiger partial charge on any atom is -0.377 e. The standard InChI is InChI=1S/C20H24N6/c1-5-25(6-2)17-7-10-20(16(11-17)14-22)26(23)18-8-9-19(24(3)4)15(12-18)13-21/h7-12H,5-6,23H2,1-4H3. The van der Waals surface area contributed by atoms with Crippen molar-refractivity contribution in [1.29, 1.82) is 10.5 Å². The van der Waals surface area contributed by atoms with Crippen molar-refractivity contribution in [2.45, 2.75) is 13.8 Å². The van der Waals surface area contributed by atoms with Gasteiger partial charge >= 0.3 is 0 Å². The lowest BCUT2D eigenvalue weighted by Crippen LogP contribution is -2.27. The van der Waals surface area contributed by atoms with Gasteiger partial charge in [-0.15, -0.1) is 0 Å². The molecule has 0 aromatic heterocycles. The van der Waals surface area contributed by atoms with E-state index in [4.69, 9.17) is 5.84 Å². The fourth-order valence-corrected chi connectivity index (χ4v) is 2.90. The maximum atomic E-state index is 9.57. The molecule has 0 aliphatic carbocycles. The predicted octanol–water partition coefficient (Wildman–Crippen LogP) is 3.35. The van der Waals surface area contributed by atoms with E-state index < -0.39 is 0 Å². The predicted molar refractivity (Wildman–Crippen MR) is 107 cm³/mol. The summed E-state index contributed by atoms with van der Waals surface area (Å²) in [5, 5.41) is 20.4. The topological polar surface area (TPSA) is 83.3 Å². The second-order valence-electron chi connectivity index (χ2n) is 6.06. The molecule has 2 rings (SSSR count). The van der Waals surface area contributed by atoms with Crippen LogP contribution in [0.15, 0.2) is 36.4 Å². The lowest BCUT2D eigenvalue weighted by molar-refractivity contribution is 0.866. The molecule has 0 aliphatic heterocycles. The third-order valence-corrected chi connectivity index (χ3v) is 4.35. The number of nitrogens with two attached hydrogens (primary N) is 1. The van der Waals surface area contributed by atoms with E-state index in [-0.39, 0.29) is 0 Å². The highest BCUT2D eigenvalue weighted by Gasteiger charge is 2.15. The highest BCUT2D eigenvalue weighted by molar-refractivity contribution is 5.74. The Bertz CT molecular complexity index is 856. The van der Waals surface area contributed by atoms with Crippen LogP contribution in [-0.4, -0.2) is 27.2 Å². The molecule has 0 saturated carbocycles. The Balaban J connectivity index is 2.45. The molecule has 0 heterocycles. The average Bonchev–Trinajstić information content (AvgIpc) is 2.67. The molecule has 0 fully saturated rings. The van der Waals surface area contributed by atoms with E-state index in [1.54, 1.807) is 6.07 Å². The molecule has 0 aliphatic rings. The van der Waals surface area contributed by atoms with Crippen molar-refractivity contribution < 1.29 is 0 Å². The van der Waals surface area contributed by atoms with Crippen LogP contribution in [0.1, 0.15) is 25.0 Å². The number of hydrazine groups is 1. The minimum absolute atomic E-state index is 0.493. The molecule has 0 bridgehead atoms. The Morgan fingerprint density at radius 1 is 0.846 bits per heavy atom. The van der Waals surface area contributed by atoms with Crippen LogP contribution in [0.25, 0.3) is 0 Å². The third kappa shape index (κ3) is 3.72. The lowest BCUT2D eigenvalue weighted by Gasteiger charge is -2.25. The summed E-state index contributed by atoms with van der Waals surface area (Å²) in [6.07, 6.45) is 0. The van der Waals surface area contributed by atoms with Gasteiger partial charge in [-0.2, -0.15) is 10.5 Å². The van der Waals surface area contributed by atoms with Crippen LogP contribution in [0.3, 0.4) is 0 Å². The summed E-state index contributed by atoms with van der Waals surface area (Å²) in [4.78, 5) is 4.05. The number of nitriles is 2. The van der Waals surface area contributed by atoms with Crippen molar-refractivity contribution in [3.05, 3.63) is 47.5 Å². The zero-order valence-electron chi connectivity index (χ0n) is 15.7. The molecule has 0 unspecified atom stereocenters. The van der Waals surface area contributed by atoms with Gasteiger partial charge in [-0.1, -0.05) is 0 Å². The van der Waals surface area contributed by atoms with Crippen molar-refractivity contribution in [3.63, 3.8) is 0 Å². The molecular weight excluding hydrogens is 324 g/mol. The first kappa shape index (κ1) is 19.1. The first-order valence-corrected chi connectivity index (χ1v) is 8.52. The molecule has 26 heavy (non-hydrogen) atoms. The highest BCUT2D eigenvalue weighted by Crippen LogP contribution is 2.31. The van der Waals surface area contributed by atoms with Gasteiger partial charge in [0.15, 0.2) is 0 Å². The van der Waals surface area contributed by atoms with Crippen LogP contribution in [0.5, 0.6) is 0 Å². The molecule has 0 saturated heterocycles. The van der Waals surface area contributed by atoms with Gasteiger partial charge in [0.1, 0.15) is 12.1 Å². The Morgan fingerprint density at radius 3 is 1.88 bits per heavy atom. The number of anilines is 4. The second kappa shape index (κ2) is 8.24. The summed E-state index contributed by atoms with van der Waals surface area (Å²) in [6.45, 7) is 5.89. The van der Waals surface area contributed by atoms with Crippen molar-refractivity contribution >= 4 is 22.7 Å². The van der Waals surface area contributed by atoms with Gasteiger partial charge in [0, 0.05) is 32.9 Å². The first-order valence-electron chi connectivity index (χ1n) is 8.52. The summed E-state index contributed by atoms with van der Waals surface area (Å²) in [6, 6.07) is 15.5. The molecule has 0 amide bonds. The molecule has 2 N–H and O–H groups in total. The molecule has 2 aromatic rings. The minimum atomic E-state index is 0.493. The van der Waals surface area contributed by atoms with Gasteiger partial charge in [-0.25, -0.2) is 5.84 Å². The van der Waals surface area contributed by atoms with Gasteiger partial charge in [0.25, 0.3) is 0 Å². The Hall–Kier alpha value is -3.22. The third-order valence-electron chi connectivity index (χ3n) is 4.35. The summed E-state index contributed by atoms with van der Waals surface area (Å²) in [5.41, 5.74) is 4.09. The van der Waals surface area contributed by atoms with Gasteiger partial charge in [0.2, 0.25) is 0 Å². The summed E-state index contributed by atoms with van der Waals surface area (Å²) in [5.74, 6) is 6.28. The highest BCUT2D eigenvalue weighted by atomic mass is 15.4. The van der Waals surface area contributed by atoms with Crippen LogP contribution in [0.2, 0.25) is 0 Å². The van der Waals surface area contributed by atoms with E-state index in [0.29, 0.717) is 22.5 Å². The Kier molecular flexibility index (Phi) is 6.06. The van der Waals surface area contributed by atoms with Crippen molar-refractivity contribution in [1.82, 2.24) is 0 Å². The lowest BCUT2D eigenvalue weighted by atomic mass is 10.1. The van der Waals surface area contributed by atoms with E-state index in [0.717, 1.165) is 24.5 Å². The van der Waals surface area contributed by atoms with Crippen LogP contribution < -0.4 is 20.7 Å². The zero-order valence-corrected chi connectivity index (χ0v) is 15.7. The van der Waals surface area contributed by atoms with Gasteiger partial charge in [-0.05, 0) is 50.2 Å². The normalized spacial score (nSPS) is 9.96. The largest absolute Gasteiger partial charge is 0.377 e. The van der Waals surface area contributed by atoms with Crippen LogP contribution in [0.4, 0.5) is 22.7 Å². The van der Waals surface area contributed by atoms with E-state index in [9.17, 15) is 10.5 Å². The number of nitrogens with zero attached hydrogens (tertiary/aromatic N) is 5. The maximum Gasteiger partial charge on any atom is 0.101 e. The average molecular weight is 348 g/mol. The zero-order chi connectivity index (χ0) is 19.3. The van der Waals surface area contributed by atoms with Crippen LogP contribution in [-0.2, 0) is 0 Å². The van der Waals surface area contributed by atoms with E-state index in [1.807, 2.05) is 49.3 Å². The fourth-order valence-electron chi connectivity index (χ4n) is 2.90. The van der Waals surface area contributed by atoms with E-state index in [1.165, 1.54) is 5.01 Å². The second-order valence-corrected chi connectivity index (χ2v) is 6.06. The van der Waals surface area contributed by atoms with Crippen molar-refractivity contribution in [3.8, 4) is 12.1 Å². The first-order chi connectivity index (χ1) is 12.5. The number of benzene rings is 2. The fraction of sp³-hybridized carbons (Fsp3) is 0.300. The molecule has 0 atom stereocenters. The summed E-state index contributed by atoms with van der Waals surface area (Å²) < 4.78 is 0. The molecule has 134 valence electrons. The van der Waals surface area contributed by atoms with Gasteiger partial charge in [0.05, 0.1) is 28.2 Å². The number of rotatable bonds is 6. The quantitative estimate of drug-likeness (QED) is 0.637. The smallest absolute Gasteiger partial charge is 0.101 e. The van der Waals surface area contributed by atoms with Crippen LogP contribution >= 0.6 is 0 Å².